The number of hydrogen-bond donors (Lipinski definition) is 1. The topological polar surface area (TPSA) is 128 Å². The van der Waals surface area contributed by atoms with Crippen LogP contribution in [0.25, 0.3) is 11.1 Å². The van der Waals surface area contributed by atoms with Gasteiger partial charge in [0.1, 0.15) is 22.4 Å². The number of esters is 1. The molecule has 0 aliphatic carbocycles. The summed E-state index contributed by atoms with van der Waals surface area (Å²) < 4.78 is 30.3. The minimum absolute atomic E-state index is 0.0398. The molecule has 4 heterocycles. The summed E-state index contributed by atoms with van der Waals surface area (Å²) in [6.07, 6.45) is -0.276. The van der Waals surface area contributed by atoms with E-state index in [-0.39, 0.29) is 53.4 Å². The van der Waals surface area contributed by atoms with Crippen molar-refractivity contribution < 1.29 is 37.5 Å². The van der Waals surface area contributed by atoms with Crippen LogP contribution < -0.4 is 10.1 Å². The molecule has 11 heteroatoms. The van der Waals surface area contributed by atoms with E-state index >= 15 is 0 Å². The van der Waals surface area contributed by atoms with Crippen LogP contribution in [0, 0.1) is 5.82 Å². The van der Waals surface area contributed by atoms with E-state index in [4.69, 9.17) is 9.15 Å². The largest absolute Gasteiger partial charge is 0.494 e. The van der Waals surface area contributed by atoms with Gasteiger partial charge in [-0.15, -0.1) is 0 Å². The van der Waals surface area contributed by atoms with Crippen molar-refractivity contribution in [2.75, 3.05) is 20.8 Å². The van der Waals surface area contributed by atoms with Crippen molar-refractivity contribution in [1.29, 1.82) is 0 Å². The highest BCUT2D eigenvalue weighted by Crippen LogP contribution is 2.39. The lowest BCUT2D eigenvalue weighted by Gasteiger charge is -2.28. The number of nitrogens with one attached hydrogen (secondary N) is 1. The summed E-state index contributed by atoms with van der Waals surface area (Å²) in [4.78, 5) is 55.6. The molecule has 0 radical (unpaired) electrons. The van der Waals surface area contributed by atoms with Gasteiger partial charge in [0, 0.05) is 19.2 Å². The summed E-state index contributed by atoms with van der Waals surface area (Å²) in [6, 6.07) is 7.37. The summed E-state index contributed by atoms with van der Waals surface area (Å²) in [5.41, 5.74) is -0.651. The monoisotopic (exact) mass is 467 g/mol. The van der Waals surface area contributed by atoms with Crippen LogP contribution in [0.15, 0.2) is 34.7 Å². The van der Waals surface area contributed by atoms with E-state index in [0.717, 1.165) is 0 Å². The number of ether oxygens (including phenoxy) is 2. The Morgan fingerprint density at radius 3 is 2.71 bits per heavy atom. The van der Waals surface area contributed by atoms with Crippen LogP contribution in [0.2, 0.25) is 0 Å². The van der Waals surface area contributed by atoms with E-state index in [9.17, 15) is 23.6 Å². The number of carbonyl (C=O) groups is 4. The maximum Gasteiger partial charge on any atom is 0.356 e. The molecular weight excluding hydrogens is 449 g/mol. The Labute approximate surface area is 191 Å². The van der Waals surface area contributed by atoms with E-state index in [2.05, 4.69) is 15.0 Å². The number of carbonyl (C=O) groups excluding carboxylic acids is 4. The molecular formula is C23H18FN3O7. The summed E-state index contributed by atoms with van der Waals surface area (Å²) >= 11 is 0. The third-order valence-corrected chi connectivity index (χ3v) is 6.13. The highest BCUT2D eigenvalue weighted by Gasteiger charge is 2.53. The van der Waals surface area contributed by atoms with Crippen LogP contribution in [-0.4, -0.2) is 54.3 Å². The van der Waals surface area contributed by atoms with Crippen molar-refractivity contribution in [2.45, 2.75) is 18.4 Å². The standard InChI is InChI=1S/C23H18FN3O7/c1-32-15-5-3-11-9-27(20(29)18(11)19(15)24)10-23(8-17(28)26-22(23)31)16-7-13-14(34-16)6-4-12(25-13)21(30)33-2/h3-7H,8-10H2,1-2H3,(H,26,28,31)/t23-/m1/s1. The number of aromatic nitrogens is 1. The Morgan fingerprint density at radius 1 is 1.24 bits per heavy atom. The lowest BCUT2D eigenvalue weighted by molar-refractivity contribution is -0.127. The third kappa shape index (κ3) is 3.11. The molecule has 3 aromatic rings. The van der Waals surface area contributed by atoms with E-state index < -0.39 is 34.9 Å². The second-order valence-corrected chi connectivity index (χ2v) is 8.10. The number of rotatable bonds is 5. The van der Waals surface area contributed by atoms with Crippen molar-refractivity contribution in [3.8, 4) is 5.75 Å². The van der Waals surface area contributed by atoms with Crippen LogP contribution in [0.4, 0.5) is 4.39 Å². The molecule has 2 aromatic heterocycles. The molecule has 10 nitrogen and oxygen atoms in total. The highest BCUT2D eigenvalue weighted by atomic mass is 19.1. The number of amides is 3. The number of imide groups is 1. The zero-order chi connectivity index (χ0) is 24.2. The molecule has 1 saturated heterocycles. The van der Waals surface area contributed by atoms with Gasteiger partial charge in [0.2, 0.25) is 11.8 Å². The van der Waals surface area contributed by atoms with Crippen LogP contribution in [-0.2, 0) is 26.3 Å². The molecule has 1 aromatic carbocycles. The van der Waals surface area contributed by atoms with Crippen LogP contribution in [0.3, 0.4) is 0 Å². The van der Waals surface area contributed by atoms with Gasteiger partial charge in [0.15, 0.2) is 17.1 Å². The summed E-state index contributed by atoms with van der Waals surface area (Å²) in [7, 11) is 2.52. The predicted molar refractivity (Wildman–Crippen MR) is 112 cm³/mol. The van der Waals surface area contributed by atoms with E-state index in [0.29, 0.717) is 5.56 Å². The molecule has 1 atom stereocenters. The van der Waals surface area contributed by atoms with E-state index in [1.807, 2.05) is 0 Å². The zero-order valence-electron chi connectivity index (χ0n) is 18.1. The fraction of sp³-hybridized carbons (Fsp3) is 0.261. The van der Waals surface area contributed by atoms with Crippen molar-refractivity contribution >= 4 is 34.8 Å². The van der Waals surface area contributed by atoms with Gasteiger partial charge in [-0.05, 0) is 23.8 Å². The van der Waals surface area contributed by atoms with Crippen LogP contribution in [0.5, 0.6) is 5.75 Å². The zero-order valence-corrected chi connectivity index (χ0v) is 18.1. The first-order valence-corrected chi connectivity index (χ1v) is 10.3. The average Bonchev–Trinajstić information content (AvgIpc) is 3.47. The Bertz CT molecular complexity index is 1400. The number of fused-ring (bicyclic) bond motifs is 2. The first-order chi connectivity index (χ1) is 16.3. The van der Waals surface area contributed by atoms with Crippen LogP contribution in [0.1, 0.15) is 38.6 Å². The summed E-state index contributed by atoms with van der Waals surface area (Å²) in [5, 5.41) is 2.26. The van der Waals surface area contributed by atoms with Crippen molar-refractivity contribution in [1.82, 2.24) is 15.2 Å². The molecule has 2 aliphatic rings. The van der Waals surface area contributed by atoms with E-state index in [1.165, 1.54) is 43.4 Å². The summed E-state index contributed by atoms with van der Waals surface area (Å²) in [5.74, 6) is -3.20. The number of hydrogen-bond acceptors (Lipinski definition) is 8. The SMILES string of the molecule is COC(=O)c1ccc2oc([C@]3(CN4Cc5ccc(OC)c(F)c5C4=O)CC(=O)NC3=O)cc2n1. The number of halogens is 1. The normalized spacial score (nSPS) is 19.5. The molecule has 0 bridgehead atoms. The first-order valence-electron chi connectivity index (χ1n) is 10.3. The number of benzene rings is 1. The molecule has 2 aliphatic heterocycles. The van der Waals surface area contributed by atoms with Gasteiger partial charge >= 0.3 is 5.97 Å². The fourth-order valence-corrected chi connectivity index (χ4v) is 4.43. The molecule has 174 valence electrons. The van der Waals surface area contributed by atoms with Gasteiger partial charge in [-0.3, -0.25) is 19.7 Å². The lowest BCUT2D eigenvalue weighted by Crippen LogP contribution is -2.46. The number of pyridine rings is 1. The molecule has 1 N–H and O–H groups in total. The molecule has 1 fully saturated rings. The van der Waals surface area contributed by atoms with Gasteiger partial charge in [0.25, 0.3) is 5.91 Å². The molecule has 5 rings (SSSR count). The Morgan fingerprint density at radius 2 is 2.03 bits per heavy atom. The number of methoxy groups -OCH3 is 2. The minimum Gasteiger partial charge on any atom is -0.494 e. The van der Waals surface area contributed by atoms with Gasteiger partial charge in [-0.25, -0.2) is 14.2 Å². The Hall–Kier alpha value is -4.28. The third-order valence-electron chi connectivity index (χ3n) is 6.13. The van der Waals surface area contributed by atoms with Crippen molar-refractivity contribution in [3.63, 3.8) is 0 Å². The van der Waals surface area contributed by atoms with Gasteiger partial charge < -0.3 is 18.8 Å². The number of furan rings is 1. The van der Waals surface area contributed by atoms with E-state index in [1.54, 1.807) is 6.07 Å². The molecule has 0 unspecified atom stereocenters. The molecule has 0 spiro atoms. The lowest BCUT2D eigenvalue weighted by atomic mass is 9.82. The van der Waals surface area contributed by atoms with Gasteiger partial charge in [-0.1, -0.05) is 6.07 Å². The number of nitrogens with zero attached hydrogens (tertiary/aromatic N) is 2. The second kappa shape index (κ2) is 7.65. The van der Waals surface area contributed by atoms with Gasteiger partial charge in [-0.2, -0.15) is 0 Å². The maximum atomic E-state index is 14.8. The molecule has 0 saturated carbocycles. The molecule has 3 amide bonds. The summed E-state index contributed by atoms with van der Waals surface area (Å²) in [6.45, 7) is -0.188. The smallest absolute Gasteiger partial charge is 0.356 e. The van der Waals surface area contributed by atoms with Crippen molar-refractivity contribution in [3.05, 3.63) is 58.7 Å². The predicted octanol–water partition coefficient (Wildman–Crippen LogP) is 1.70. The fourth-order valence-electron chi connectivity index (χ4n) is 4.43. The quantitative estimate of drug-likeness (QED) is 0.444. The van der Waals surface area contributed by atoms with Gasteiger partial charge in [0.05, 0.1) is 26.2 Å². The molecule has 34 heavy (non-hydrogen) atoms. The van der Waals surface area contributed by atoms with Crippen molar-refractivity contribution in [2.24, 2.45) is 0 Å². The highest BCUT2D eigenvalue weighted by molar-refractivity contribution is 6.10. The maximum absolute atomic E-state index is 14.8. The minimum atomic E-state index is -1.55. The van der Waals surface area contributed by atoms with Crippen LogP contribution >= 0.6 is 0 Å². The Balaban J connectivity index is 1.55. The first kappa shape index (κ1) is 21.6. The average molecular weight is 467 g/mol. The Kier molecular flexibility index (Phi) is 4.85. The second-order valence-electron chi connectivity index (χ2n) is 8.10.